The molecule has 1 aliphatic rings. The molecule has 0 aromatic heterocycles. The number of aliphatic hydroxyl groups is 1. The SMILES string of the molecule is CC(F)(F)C1(O)CCC(OC(N)=O)CC1. The number of rotatable bonds is 2. The molecule has 1 amide bonds. The van der Waals surface area contributed by atoms with Crippen LogP contribution in [0.1, 0.15) is 32.6 Å². The zero-order chi connectivity index (χ0) is 11.7. The summed E-state index contributed by atoms with van der Waals surface area (Å²) in [4.78, 5) is 10.4. The fraction of sp³-hybridized carbons (Fsp3) is 0.889. The van der Waals surface area contributed by atoms with Crippen LogP contribution in [0.5, 0.6) is 0 Å². The molecule has 1 fully saturated rings. The second-order valence-electron chi connectivity index (χ2n) is 4.06. The molecule has 0 aliphatic heterocycles. The normalized spacial score (nSPS) is 32.4. The van der Waals surface area contributed by atoms with Crippen molar-refractivity contribution >= 4 is 6.09 Å². The largest absolute Gasteiger partial charge is 0.446 e. The highest BCUT2D eigenvalue weighted by atomic mass is 19.3. The third-order valence-electron chi connectivity index (χ3n) is 2.86. The van der Waals surface area contributed by atoms with Crippen LogP contribution in [-0.4, -0.2) is 28.8 Å². The topological polar surface area (TPSA) is 72.6 Å². The van der Waals surface area contributed by atoms with E-state index >= 15 is 0 Å². The van der Waals surface area contributed by atoms with Crippen LogP contribution in [0, 0.1) is 0 Å². The van der Waals surface area contributed by atoms with Gasteiger partial charge in [0.15, 0.2) is 0 Å². The molecule has 0 aromatic carbocycles. The predicted molar refractivity (Wildman–Crippen MR) is 48.5 cm³/mol. The highest BCUT2D eigenvalue weighted by Gasteiger charge is 2.50. The molecule has 1 aliphatic carbocycles. The summed E-state index contributed by atoms with van der Waals surface area (Å²) in [7, 11) is 0. The van der Waals surface area contributed by atoms with Crippen LogP contribution in [0.15, 0.2) is 0 Å². The fourth-order valence-corrected chi connectivity index (χ4v) is 1.79. The first kappa shape index (κ1) is 12.2. The van der Waals surface area contributed by atoms with E-state index < -0.39 is 23.7 Å². The Morgan fingerprint density at radius 3 is 2.33 bits per heavy atom. The van der Waals surface area contributed by atoms with Gasteiger partial charge in [-0.3, -0.25) is 0 Å². The molecule has 15 heavy (non-hydrogen) atoms. The van der Waals surface area contributed by atoms with Crippen molar-refractivity contribution in [2.45, 2.75) is 50.2 Å². The van der Waals surface area contributed by atoms with Crippen molar-refractivity contribution in [3.63, 3.8) is 0 Å². The Bertz CT molecular complexity index is 244. The summed E-state index contributed by atoms with van der Waals surface area (Å²) >= 11 is 0. The minimum absolute atomic E-state index is 0.0888. The number of ether oxygens (including phenoxy) is 1. The molecule has 0 atom stereocenters. The van der Waals surface area contributed by atoms with E-state index in [0.29, 0.717) is 6.92 Å². The number of primary amides is 1. The van der Waals surface area contributed by atoms with Gasteiger partial charge in [-0.25, -0.2) is 13.6 Å². The number of carbonyl (C=O) groups excluding carboxylic acids is 1. The summed E-state index contributed by atoms with van der Waals surface area (Å²) in [6.07, 6.45) is -1.12. The molecular formula is C9H15F2NO3. The van der Waals surface area contributed by atoms with E-state index in [-0.39, 0.29) is 25.7 Å². The Morgan fingerprint density at radius 1 is 1.53 bits per heavy atom. The number of halogens is 2. The zero-order valence-electron chi connectivity index (χ0n) is 8.50. The van der Waals surface area contributed by atoms with Crippen LogP contribution in [0.2, 0.25) is 0 Å². The molecule has 0 spiro atoms. The van der Waals surface area contributed by atoms with Crippen molar-refractivity contribution in [1.82, 2.24) is 0 Å². The maximum absolute atomic E-state index is 13.0. The lowest BCUT2D eigenvalue weighted by atomic mass is 9.79. The van der Waals surface area contributed by atoms with Gasteiger partial charge in [-0.2, -0.15) is 0 Å². The Balaban J connectivity index is 2.52. The van der Waals surface area contributed by atoms with Crippen LogP contribution in [0.4, 0.5) is 13.6 Å². The van der Waals surface area contributed by atoms with Crippen molar-refractivity contribution in [3.8, 4) is 0 Å². The van der Waals surface area contributed by atoms with Crippen molar-refractivity contribution in [2.24, 2.45) is 5.73 Å². The van der Waals surface area contributed by atoms with Crippen LogP contribution in [-0.2, 0) is 4.74 Å². The molecule has 1 saturated carbocycles. The molecule has 0 radical (unpaired) electrons. The van der Waals surface area contributed by atoms with E-state index in [0.717, 1.165) is 0 Å². The van der Waals surface area contributed by atoms with Gasteiger partial charge in [-0.05, 0) is 25.7 Å². The van der Waals surface area contributed by atoms with Crippen molar-refractivity contribution in [1.29, 1.82) is 0 Å². The van der Waals surface area contributed by atoms with Gasteiger partial charge in [0, 0.05) is 6.92 Å². The second kappa shape index (κ2) is 3.92. The third kappa shape index (κ3) is 2.77. The average Bonchev–Trinajstić information content (AvgIpc) is 2.06. The second-order valence-corrected chi connectivity index (χ2v) is 4.06. The summed E-state index contributed by atoms with van der Waals surface area (Å²) in [5, 5.41) is 9.64. The Kier molecular flexibility index (Phi) is 3.18. The lowest BCUT2D eigenvalue weighted by molar-refractivity contribution is -0.191. The van der Waals surface area contributed by atoms with Crippen LogP contribution in [0.3, 0.4) is 0 Å². The summed E-state index contributed by atoms with van der Waals surface area (Å²) in [6, 6.07) is 0. The van der Waals surface area contributed by atoms with E-state index in [1.165, 1.54) is 0 Å². The minimum atomic E-state index is -3.13. The monoisotopic (exact) mass is 223 g/mol. The van der Waals surface area contributed by atoms with E-state index in [2.05, 4.69) is 4.74 Å². The standard InChI is InChI=1S/C9H15F2NO3/c1-8(10,11)9(14)4-2-6(3-5-9)15-7(12)13/h6,14H,2-5H2,1H3,(H2,12,13). The number of hydrogen-bond donors (Lipinski definition) is 2. The quantitative estimate of drug-likeness (QED) is 0.743. The minimum Gasteiger partial charge on any atom is -0.446 e. The Labute approximate surface area is 86.4 Å². The molecule has 0 unspecified atom stereocenters. The number of carbonyl (C=O) groups is 1. The Hall–Kier alpha value is -0.910. The first-order valence-corrected chi connectivity index (χ1v) is 4.81. The van der Waals surface area contributed by atoms with E-state index in [1.807, 2.05) is 0 Å². The summed E-state index contributed by atoms with van der Waals surface area (Å²) in [5.41, 5.74) is 2.82. The third-order valence-corrected chi connectivity index (χ3v) is 2.86. The molecule has 0 bridgehead atoms. The van der Waals surface area contributed by atoms with Gasteiger partial charge in [0.05, 0.1) is 0 Å². The van der Waals surface area contributed by atoms with E-state index in [4.69, 9.17) is 5.73 Å². The summed E-state index contributed by atoms with van der Waals surface area (Å²) in [5.74, 6) is -3.13. The van der Waals surface area contributed by atoms with Crippen molar-refractivity contribution in [3.05, 3.63) is 0 Å². The zero-order valence-corrected chi connectivity index (χ0v) is 8.50. The molecular weight excluding hydrogens is 208 g/mol. The fourth-order valence-electron chi connectivity index (χ4n) is 1.79. The first-order valence-electron chi connectivity index (χ1n) is 4.81. The average molecular weight is 223 g/mol. The van der Waals surface area contributed by atoms with Crippen LogP contribution < -0.4 is 5.73 Å². The summed E-state index contributed by atoms with van der Waals surface area (Å²) in [6.45, 7) is 0.697. The number of amides is 1. The van der Waals surface area contributed by atoms with Gasteiger partial charge in [0.2, 0.25) is 0 Å². The number of nitrogens with two attached hydrogens (primary N) is 1. The molecule has 1 rings (SSSR count). The lowest BCUT2D eigenvalue weighted by Gasteiger charge is -2.39. The van der Waals surface area contributed by atoms with E-state index in [9.17, 15) is 18.7 Å². The van der Waals surface area contributed by atoms with Crippen molar-refractivity contribution in [2.75, 3.05) is 0 Å². The number of hydrogen-bond acceptors (Lipinski definition) is 3. The van der Waals surface area contributed by atoms with Crippen LogP contribution >= 0.6 is 0 Å². The first-order chi connectivity index (χ1) is 6.74. The van der Waals surface area contributed by atoms with Gasteiger partial charge < -0.3 is 15.6 Å². The molecule has 6 heteroatoms. The molecule has 0 heterocycles. The van der Waals surface area contributed by atoms with Gasteiger partial charge >= 0.3 is 6.09 Å². The van der Waals surface area contributed by atoms with Gasteiger partial charge in [-0.1, -0.05) is 0 Å². The van der Waals surface area contributed by atoms with Gasteiger partial charge in [-0.15, -0.1) is 0 Å². The predicted octanol–water partition coefficient (Wildman–Crippen LogP) is 1.41. The smallest absolute Gasteiger partial charge is 0.404 e. The lowest BCUT2D eigenvalue weighted by Crippen LogP contribution is -2.49. The molecule has 4 nitrogen and oxygen atoms in total. The van der Waals surface area contributed by atoms with Gasteiger partial charge in [0.25, 0.3) is 5.92 Å². The number of alkyl halides is 2. The molecule has 88 valence electrons. The maximum atomic E-state index is 13.0. The van der Waals surface area contributed by atoms with E-state index in [1.54, 1.807) is 0 Å². The Morgan fingerprint density at radius 2 is 2.00 bits per heavy atom. The van der Waals surface area contributed by atoms with Crippen molar-refractivity contribution < 1.29 is 23.4 Å². The van der Waals surface area contributed by atoms with Gasteiger partial charge in [0.1, 0.15) is 11.7 Å². The highest BCUT2D eigenvalue weighted by molar-refractivity contribution is 5.64. The molecule has 0 aromatic rings. The summed E-state index contributed by atoms with van der Waals surface area (Å²) < 4.78 is 30.7. The van der Waals surface area contributed by atoms with Crippen LogP contribution in [0.25, 0.3) is 0 Å². The molecule has 3 N–H and O–H groups in total. The maximum Gasteiger partial charge on any atom is 0.404 e. The highest BCUT2D eigenvalue weighted by Crippen LogP contribution is 2.40. The molecule has 0 saturated heterocycles.